The smallest absolute Gasteiger partial charge is 0.145 e. The Morgan fingerprint density at radius 1 is 1.47 bits per heavy atom. The van der Waals surface area contributed by atoms with Crippen molar-refractivity contribution in [3.8, 4) is 0 Å². The van der Waals surface area contributed by atoms with E-state index in [1.54, 1.807) is 0 Å². The van der Waals surface area contributed by atoms with Crippen molar-refractivity contribution in [3.05, 3.63) is 35.4 Å². The van der Waals surface area contributed by atoms with Crippen molar-refractivity contribution in [1.82, 2.24) is 5.43 Å². The maximum atomic E-state index is 13.3. The summed E-state index contributed by atoms with van der Waals surface area (Å²) in [5, 5.41) is 0. The number of nitrogens with one attached hydrogen (secondary N) is 1. The summed E-state index contributed by atoms with van der Waals surface area (Å²) in [6.45, 7) is 2.44. The molecule has 0 aromatic heterocycles. The Bertz CT molecular complexity index is 364. The third-order valence-corrected chi connectivity index (χ3v) is 1.81. The number of aliphatic imine (C=N–C) groups is 1. The zero-order valence-corrected chi connectivity index (χ0v) is 8.43. The molecule has 0 radical (unpaired) electrons. The number of rotatable bonds is 3. The first kappa shape index (κ1) is 11.6. The number of benzene rings is 1. The Balaban J connectivity index is 3.05. The first-order valence-electron chi connectivity index (χ1n) is 4.65. The van der Waals surface area contributed by atoms with Crippen molar-refractivity contribution in [2.75, 3.05) is 6.54 Å². The molecule has 0 bridgehead atoms. The van der Waals surface area contributed by atoms with Gasteiger partial charge in [0.05, 0.1) is 5.56 Å². The van der Waals surface area contributed by atoms with E-state index < -0.39 is 11.6 Å². The molecular formula is C10H13F2N3. The van der Waals surface area contributed by atoms with E-state index in [9.17, 15) is 8.78 Å². The van der Waals surface area contributed by atoms with Gasteiger partial charge in [0.1, 0.15) is 17.5 Å². The molecule has 15 heavy (non-hydrogen) atoms. The third-order valence-electron chi connectivity index (χ3n) is 1.81. The second kappa shape index (κ2) is 5.41. The largest absolute Gasteiger partial charge is 0.308 e. The van der Waals surface area contributed by atoms with Crippen LogP contribution in [0.3, 0.4) is 0 Å². The van der Waals surface area contributed by atoms with Gasteiger partial charge in [0, 0.05) is 6.54 Å². The van der Waals surface area contributed by atoms with Gasteiger partial charge in [-0.1, -0.05) is 6.92 Å². The molecule has 0 aliphatic rings. The van der Waals surface area contributed by atoms with Crippen LogP contribution in [0.25, 0.3) is 0 Å². The lowest BCUT2D eigenvalue weighted by molar-refractivity contribution is 0.597. The van der Waals surface area contributed by atoms with Crippen LogP contribution in [0.5, 0.6) is 0 Å². The molecule has 1 aromatic rings. The number of hydrazine groups is 1. The van der Waals surface area contributed by atoms with Gasteiger partial charge in [-0.25, -0.2) is 14.6 Å². The molecule has 5 heteroatoms. The van der Waals surface area contributed by atoms with Crippen molar-refractivity contribution in [3.63, 3.8) is 0 Å². The minimum Gasteiger partial charge on any atom is -0.308 e. The molecular weight excluding hydrogens is 200 g/mol. The molecule has 0 heterocycles. The fourth-order valence-electron chi connectivity index (χ4n) is 1.11. The third kappa shape index (κ3) is 2.99. The van der Waals surface area contributed by atoms with Gasteiger partial charge in [-0.15, -0.1) is 0 Å². The highest BCUT2D eigenvalue weighted by Gasteiger charge is 2.09. The zero-order valence-electron chi connectivity index (χ0n) is 8.43. The highest BCUT2D eigenvalue weighted by molar-refractivity contribution is 5.98. The van der Waals surface area contributed by atoms with Crippen molar-refractivity contribution in [2.45, 2.75) is 13.3 Å². The second-order valence-corrected chi connectivity index (χ2v) is 3.00. The summed E-state index contributed by atoms with van der Waals surface area (Å²) in [6.07, 6.45) is 0.808. The van der Waals surface area contributed by atoms with Gasteiger partial charge in [0.25, 0.3) is 0 Å². The molecule has 0 saturated heterocycles. The molecule has 1 rings (SSSR count). The maximum absolute atomic E-state index is 13.3. The standard InChI is InChI=1S/C10H13F2N3/c1-2-5-14-10(15-13)8-6-7(11)3-4-9(8)12/h3-4,6H,2,5,13H2,1H3,(H,14,15). The number of amidine groups is 1. The van der Waals surface area contributed by atoms with Crippen LogP contribution in [0.1, 0.15) is 18.9 Å². The van der Waals surface area contributed by atoms with E-state index in [-0.39, 0.29) is 11.4 Å². The summed E-state index contributed by atoms with van der Waals surface area (Å²) in [7, 11) is 0. The maximum Gasteiger partial charge on any atom is 0.145 e. The number of nitrogens with zero attached hydrogens (tertiary/aromatic N) is 1. The fourth-order valence-corrected chi connectivity index (χ4v) is 1.11. The van der Waals surface area contributed by atoms with Crippen LogP contribution < -0.4 is 11.3 Å². The average Bonchev–Trinajstić information content (AvgIpc) is 2.24. The van der Waals surface area contributed by atoms with Crippen molar-refractivity contribution >= 4 is 5.84 Å². The monoisotopic (exact) mass is 213 g/mol. The van der Waals surface area contributed by atoms with Crippen LogP contribution in [0.15, 0.2) is 23.2 Å². The minimum absolute atomic E-state index is 0.0472. The predicted molar refractivity (Wildman–Crippen MR) is 55.4 cm³/mol. The molecule has 3 N–H and O–H groups in total. The van der Waals surface area contributed by atoms with E-state index in [0.717, 1.165) is 24.6 Å². The zero-order chi connectivity index (χ0) is 11.3. The fraction of sp³-hybridized carbons (Fsp3) is 0.300. The van der Waals surface area contributed by atoms with Gasteiger partial charge in [-0.2, -0.15) is 0 Å². The van der Waals surface area contributed by atoms with Crippen molar-refractivity contribution < 1.29 is 8.78 Å². The summed E-state index contributed by atoms with van der Waals surface area (Å²) in [4.78, 5) is 4.01. The molecule has 3 nitrogen and oxygen atoms in total. The minimum atomic E-state index is -0.552. The molecule has 0 amide bonds. The van der Waals surface area contributed by atoms with Crippen LogP contribution in [0.4, 0.5) is 8.78 Å². The van der Waals surface area contributed by atoms with E-state index >= 15 is 0 Å². The number of halogens is 2. The van der Waals surface area contributed by atoms with E-state index in [1.165, 1.54) is 0 Å². The highest BCUT2D eigenvalue weighted by atomic mass is 19.1. The van der Waals surface area contributed by atoms with Gasteiger partial charge in [0.2, 0.25) is 0 Å². The van der Waals surface area contributed by atoms with Gasteiger partial charge in [-0.3, -0.25) is 4.99 Å². The van der Waals surface area contributed by atoms with E-state index in [2.05, 4.69) is 10.4 Å². The van der Waals surface area contributed by atoms with E-state index in [0.29, 0.717) is 6.54 Å². The Labute approximate surface area is 87.0 Å². The first-order chi connectivity index (χ1) is 7.19. The lowest BCUT2D eigenvalue weighted by Gasteiger charge is -2.06. The average molecular weight is 213 g/mol. The number of hydrogen-bond acceptors (Lipinski definition) is 2. The Kier molecular flexibility index (Phi) is 4.17. The summed E-state index contributed by atoms with van der Waals surface area (Å²) >= 11 is 0. The van der Waals surface area contributed by atoms with Crippen LogP contribution in [0.2, 0.25) is 0 Å². The SMILES string of the molecule is CCCN=C(NN)c1cc(F)ccc1F. The topological polar surface area (TPSA) is 50.4 Å². The molecule has 0 fully saturated rings. The van der Waals surface area contributed by atoms with Crippen molar-refractivity contribution in [2.24, 2.45) is 10.8 Å². The summed E-state index contributed by atoms with van der Waals surface area (Å²) < 4.78 is 26.2. The second-order valence-electron chi connectivity index (χ2n) is 3.00. The molecule has 0 atom stereocenters. The Morgan fingerprint density at radius 3 is 2.80 bits per heavy atom. The molecule has 82 valence electrons. The van der Waals surface area contributed by atoms with Gasteiger partial charge < -0.3 is 5.43 Å². The van der Waals surface area contributed by atoms with Crippen LogP contribution >= 0.6 is 0 Å². The molecule has 0 spiro atoms. The molecule has 0 aliphatic heterocycles. The summed E-state index contributed by atoms with van der Waals surface area (Å²) in [6, 6.07) is 3.15. The molecule has 0 unspecified atom stereocenters. The number of nitrogens with two attached hydrogens (primary N) is 1. The van der Waals surface area contributed by atoms with Gasteiger partial charge >= 0.3 is 0 Å². The predicted octanol–water partition coefficient (Wildman–Crippen LogP) is 1.58. The highest BCUT2D eigenvalue weighted by Crippen LogP contribution is 2.09. The van der Waals surface area contributed by atoms with Gasteiger partial charge in [-0.05, 0) is 24.6 Å². The molecule has 0 aliphatic carbocycles. The quantitative estimate of drug-likeness (QED) is 0.346. The summed E-state index contributed by atoms with van der Waals surface area (Å²) in [5.41, 5.74) is 2.31. The van der Waals surface area contributed by atoms with Crippen molar-refractivity contribution in [1.29, 1.82) is 0 Å². The Morgan fingerprint density at radius 2 is 2.20 bits per heavy atom. The van der Waals surface area contributed by atoms with E-state index in [1.807, 2.05) is 6.92 Å². The molecule has 1 aromatic carbocycles. The molecule has 0 saturated carbocycles. The summed E-state index contributed by atoms with van der Waals surface area (Å²) in [5.74, 6) is 4.28. The lowest BCUT2D eigenvalue weighted by Crippen LogP contribution is -2.32. The van der Waals surface area contributed by atoms with E-state index in [4.69, 9.17) is 5.84 Å². The van der Waals surface area contributed by atoms with Crippen LogP contribution in [0, 0.1) is 11.6 Å². The van der Waals surface area contributed by atoms with Crippen LogP contribution in [-0.2, 0) is 0 Å². The van der Waals surface area contributed by atoms with Crippen LogP contribution in [-0.4, -0.2) is 12.4 Å². The van der Waals surface area contributed by atoms with Gasteiger partial charge in [0.15, 0.2) is 0 Å². The normalized spacial score (nSPS) is 11.6. The number of hydrogen-bond donors (Lipinski definition) is 2. The Hall–Kier alpha value is -1.49. The lowest BCUT2D eigenvalue weighted by atomic mass is 10.2. The first-order valence-corrected chi connectivity index (χ1v) is 4.65.